The molecule has 4 nitrogen and oxygen atoms in total. The van der Waals surface area contributed by atoms with E-state index in [-0.39, 0.29) is 0 Å². The van der Waals surface area contributed by atoms with Crippen LogP contribution in [0.3, 0.4) is 0 Å². The van der Waals surface area contributed by atoms with Crippen molar-refractivity contribution >= 4 is 46.4 Å². The van der Waals surface area contributed by atoms with Crippen LogP contribution in [0.25, 0.3) is 0 Å². The van der Waals surface area contributed by atoms with E-state index in [2.05, 4.69) is 76.2 Å². The molecule has 8 bridgehead atoms. The summed E-state index contributed by atoms with van der Waals surface area (Å²) in [5.41, 5.74) is 13.2. The lowest BCUT2D eigenvalue weighted by atomic mass is 9.88. The van der Waals surface area contributed by atoms with Gasteiger partial charge in [0.05, 0.1) is 26.4 Å². The molecule has 5 rings (SSSR count). The minimum absolute atomic E-state index is 0.388. The molecule has 400 valence electrons. The standard InChI is InChI=1S/C64H92Cl4O4/c1-5-9-13-17-21-25-29-69-61-53-33-49(45-65)34-54(61)42-56-36-51(47-67)38-58(63(56)71-31-27-23-19-15-11-7-3)44-60-40-52(48-68)39-59(64(60)72-32-28-24-20-16-12-8-4)43-57-37-50(46-66)35-55(41-53)62(57)70-30-26-22-18-14-10-6-2/h33-40H,5-32,41-48H2,1-4H3. The summed E-state index contributed by atoms with van der Waals surface area (Å²) >= 11 is 27.4. The fraction of sp³-hybridized carbons (Fsp3) is 0.625. The van der Waals surface area contributed by atoms with E-state index in [1.54, 1.807) is 0 Å². The zero-order valence-electron chi connectivity index (χ0n) is 45.2. The largest absolute Gasteiger partial charge is 0.493 e. The average molecular weight is 1070 g/mol. The third-order valence-corrected chi connectivity index (χ3v) is 15.6. The molecule has 0 saturated heterocycles. The summed E-state index contributed by atoms with van der Waals surface area (Å²) in [4.78, 5) is 0. The first-order valence-electron chi connectivity index (χ1n) is 28.7. The van der Waals surface area contributed by atoms with Crippen LogP contribution in [0, 0.1) is 0 Å². The van der Waals surface area contributed by atoms with E-state index in [0.717, 1.165) is 141 Å². The molecule has 4 aromatic carbocycles. The maximum Gasteiger partial charge on any atom is 0.126 e. The van der Waals surface area contributed by atoms with Gasteiger partial charge in [0.1, 0.15) is 23.0 Å². The Hall–Kier alpha value is -2.76. The van der Waals surface area contributed by atoms with Gasteiger partial charge in [-0.25, -0.2) is 0 Å². The van der Waals surface area contributed by atoms with E-state index in [4.69, 9.17) is 65.4 Å². The lowest BCUT2D eigenvalue weighted by molar-refractivity contribution is 0.292. The molecule has 0 radical (unpaired) electrons. The molecular formula is C64H92Cl4O4. The first-order chi connectivity index (χ1) is 35.4. The highest BCUT2D eigenvalue weighted by Gasteiger charge is 2.25. The molecule has 0 atom stereocenters. The van der Waals surface area contributed by atoms with Crippen LogP contribution in [0.5, 0.6) is 23.0 Å². The monoisotopic (exact) mass is 1060 g/mol. The van der Waals surface area contributed by atoms with Gasteiger partial charge < -0.3 is 18.9 Å². The summed E-state index contributed by atoms with van der Waals surface area (Å²) < 4.78 is 28.4. The molecule has 0 aromatic heterocycles. The summed E-state index contributed by atoms with van der Waals surface area (Å²) in [6.45, 7) is 11.7. The SMILES string of the molecule is CCCCCCCCOc1c2cc(CCl)cc1Cc1cc(CCl)cc(c1OCCCCCCCC)Cc1cc(CCl)cc(c1OCCCCCCCC)Cc1cc(CCl)cc(c1OCCCCCCCC)C2. The smallest absolute Gasteiger partial charge is 0.126 e. The van der Waals surface area contributed by atoms with Gasteiger partial charge in [0.25, 0.3) is 0 Å². The number of ether oxygens (including phenoxy) is 4. The maximum atomic E-state index is 7.09. The van der Waals surface area contributed by atoms with Crippen LogP contribution < -0.4 is 18.9 Å². The van der Waals surface area contributed by atoms with Crippen LogP contribution in [0.2, 0.25) is 0 Å². The summed E-state index contributed by atoms with van der Waals surface area (Å²) in [5, 5.41) is 0. The minimum Gasteiger partial charge on any atom is -0.493 e. The van der Waals surface area contributed by atoms with Crippen LogP contribution in [-0.4, -0.2) is 26.4 Å². The Morgan fingerprint density at radius 3 is 0.597 bits per heavy atom. The Labute approximate surface area is 458 Å². The summed E-state index contributed by atoms with van der Waals surface area (Å²) in [6, 6.07) is 18.1. The molecule has 1 aliphatic rings. The number of alkyl halides is 4. The topological polar surface area (TPSA) is 36.9 Å². The Kier molecular flexibility index (Phi) is 29.6. The molecule has 0 fully saturated rings. The fourth-order valence-corrected chi connectivity index (χ4v) is 11.1. The van der Waals surface area contributed by atoms with Crippen molar-refractivity contribution in [1.82, 2.24) is 0 Å². The Bertz CT molecular complexity index is 1760. The van der Waals surface area contributed by atoms with Crippen LogP contribution in [-0.2, 0) is 49.2 Å². The molecule has 1 aliphatic carbocycles. The Morgan fingerprint density at radius 1 is 0.264 bits per heavy atom. The summed E-state index contributed by atoms with van der Waals surface area (Å²) in [6.07, 6.45) is 31.1. The van der Waals surface area contributed by atoms with Crippen molar-refractivity contribution in [2.24, 2.45) is 0 Å². The molecule has 0 aliphatic heterocycles. The van der Waals surface area contributed by atoms with Gasteiger partial charge in [-0.2, -0.15) is 0 Å². The fourth-order valence-electron chi connectivity index (χ4n) is 10.5. The number of fused-ring (bicyclic) bond motifs is 8. The van der Waals surface area contributed by atoms with Crippen LogP contribution in [0.4, 0.5) is 0 Å². The highest BCUT2D eigenvalue weighted by Crippen LogP contribution is 2.42. The van der Waals surface area contributed by atoms with Gasteiger partial charge in [0.2, 0.25) is 0 Å². The molecule has 0 spiro atoms. The number of benzene rings is 4. The van der Waals surface area contributed by atoms with Crippen molar-refractivity contribution in [3.8, 4) is 23.0 Å². The molecular weight excluding hydrogens is 975 g/mol. The van der Waals surface area contributed by atoms with Crippen molar-refractivity contribution in [2.45, 2.75) is 231 Å². The van der Waals surface area contributed by atoms with Gasteiger partial charge in [-0.15, -0.1) is 46.4 Å². The van der Waals surface area contributed by atoms with Crippen molar-refractivity contribution in [3.63, 3.8) is 0 Å². The molecule has 72 heavy (non-hydrogen) atoms. The highest BCUT2D eigenvalue weighted by molar-refractivity contribution is 6.17. The number of halogens is 4. The molecule has 0 saturated carbocycles. The van der Waals surface area contributed by atoms with Crippen molar-refractivity contribution in [2.75, 3.05) is 26.4 Å². The van der Waals surface area contributed by atoms with Crippen LogP contribution in [0.1, 0.15) is 249 Å². The Morgan fingerprint density at radius 2 is 0.431 bits per heavy atom. The van der Waals surface area contributed by atoms with Crippen LogP contribution in [0.15, 0.2) is 48.5 Å². The molecule has 0 unspecified atom stereocenters. The van der Waals surface area contributed by atoms with E-state index >= 15 is 0 Å². The second kappa shape index (κ2) is 35.5. The van der Waals surface area contributed by atoms with E-state index in [1.807, 2.05) is 0 Å². The van der Waals surface area contributed by atoms with Crippen molar-refractivity contribution < 1.29 is 18.9 Å². The highest BCUT2D eigenvalue weighted by atomic mass is 35.5. The number of hydrogen-bond acceptors (Lipinski definition) is 4. The third kappa shape index (κ3) is 20.1. The summed E-state index contributed by atoms with van der Waals surface area (Å²) in [7, 11) is 0. The first-order valence-corrected chi connectivity index (χ1v) is 30.9. The zero-order chi connectivity index (χ0) is 51.2. The lowest BCUT2D eigenvalue weighted by Crippen LogP contribution is -2.12. The average Bonchev–Trinajstić information content (AvgIpc) is 3.39. The molecule has 0 amide bonds. The van der Waals surface area contributed by atoms with Gasteiger partial charge in [-0.3, -0.25) is 0 Å². The third-order valence-electron chi connectivity index (χ3n) is 14.3. The normalized spacial score (nSPS) is 12.3. The van der Waals surface area contributed by atoms with Gasteiger partial charge in [-0.1, -0.05) is 205 Å². The number of hydrogen-bond donors (Lipinski definition) is 0. The molecule has 0 heterocycles. The minimum atomic E-state index is 0.388. The van der Waals surface area contributed by atoms with Crippen LogP contribution >= 0.6 is 46.4 Å². The quantitative estimate of drug-likeness (QED) is 0.0296. The molecule has 0 N–H and O–H groups in total. The van der Waals surface area contributed by atoms with E-state index in [1.165, 1.54) is 103 Å². The molecule has 8 heteroatoms. The number of rotatable bonds is 36. The van der Waals surface area contributed by atoms with Gasteiger partial charge in [-0.05, 0) is 92.4 Å². The number of unbranched alkanes of at least 4 members (excludes halogenated alkanes) is 20. The second-order valence-corrected chi connectivity index (χ2v) is 21.7. The predicted octanol–water partition coefficient (Wildman–Crippen LogP) is 20.3. The lowest BCUT2D eigenvalue weighted by Gasteiger charge is -2.25. The van der Waals surface area contributed by atoms with E-state index in [9.17, 15) is 0 Å². The molecule has 4 aromatic rings. The van der Waals surface area contributed by atoms with E-state index in [0.29, 0.717) is 75.6 Å². The second-order valence-electron chi connectivity index (χ2n) is 20.7. The van der Waals surface area contributed by atoms with E-state index < -0.39 is 0 Å². The van der Waals surface area contributed by atoms with Gasteiger partial charge in [0.15, 0.2) is 0 Å². The van der Waals surface area contributed by atoms with Crippen molar-refractivity contribution in [3.05, 3.63) is 115 Å². The van der Waals surface area contributed by atoms with Crippen molar-refractivity contribution in [1.29, 1.82) is 0 Å². The van der Waals surface area contributed by atoms with Gasteiger partial charge in [0, 0.05) is 49.2 Å². The first kappa shape index (κ1) is 60.1. The Balaban J connectivity index is 1.73. The predicted molar refractivity (Wildman–Crippen MR) is 311 cm³/mol. The maximum absolute atomic E-state index is 7.09. The zero-order valence-corrected chi connectivity index (χ0v) is 48.2. The summed E-state index contributed by atoms with van der Waals surface area (Å²) in [5.74, 6) is 5.30. The van der Waals surface area contributed by atoms with Gasteiger partial charge >= 0.3 is 0 Å².